The third-order valence-corrected chi connectivity index (χ3v) is 4.57. The fourth-order valence-electron chi connectivity index (χ4n) is 1.90. The van der Waals surface area contributed by atoms with Gasteiger partial charge < -0.3 is 10.6 Å². The van der Waals surface area contributed by atoms with Gasteiger partial charge in [0.1, 0.15) is 4.88 Å². The molecule has 0 aliphatic carbocycles. The van der Waals surface area contributed by atoms with Crippen molar-refractivity contribution in [1.29, 1.82) is 0 Å². The molecule has 6 nitrogen and oxygen atoms in total. The smallest absolute Gasteiger partial charge is 0.263 e. The van der Waals surface area contributed by atoms with E-state index in [9.17, 15) is 9.59 Å². The first kappa shape index (κ1) is 17.1. The molecule has 0 aromatic carbocycles. The van der Waals surface area contributed by atoms with Crippen LogP contribution in [0.1, 0.15) is 46.6 Å². The maximum atomic E-state index is 12.2. The van der Waals surface area contributed by atoms with Crippen LogP contribution in [0.5, 0.6) is 0 Å². The van der Waals surface area contributed by atoms with Crippen molar-refractivity contribution in [1.82, 2.24) is 15.3 Å². The van der Waals surface area contributed by atoms with Crippen molar-refractivity contribution in [3.8, 4) is 0 Å². The van der Waals surface area contributed by atoms with Crippen LogP contribution in [0.2, 0.25) is 0 Å². The van der Waals surface area contributed by atoms with E-state index in [-0.39, 0.29) is 24.8 Å². The molecule has 2 rings (SSSR count). The van der Waals surface area contributed by atoms with Crippen molar-refractivity contribution < 1.29 is 9.59 Å². The minimum Gasteiger partial charge on any atom is -0.351 e. The maximum Gasteiger partial charge on any atom is 0.263 e. The quantitative estimate of drug-likeness (QED) is 0.852. The van der Waals surface area contributed by atoms with Crippen molar-refractivity contribution in [2.45, 2.75) is 33.1 Å². The Hall–Kier alpha value is -2.28. The number of rotatable bonds is 6. The van der Waals surface area contributed by atoms with Crippen molar-refractivity contribution in [2.24, 2.45) is 0 Å². The van der Waals surface area contributed by atoms with Crippen molar-refractivity contribution >= 4 is 28.8 Å². The first-order chi connectivity index (χ1) is 11.0. The molecular formula is C16H20N4O2S. The van der Waals surface area contributed by atoms with Gasteiger partial charge in [0, 0.05) is 37.0 Å². The van der Waals surface area contributed by atoms with E-state index in [4.69, 9.17) is 0 Å². The lowest BCUT2D eigenvalue weighted by Gasteiger charge is -2.06. The molecule has 0 saturated heterocycles. The van der Waals surface area contributed by atoms with Crippen molar-refractivity contribution in [3.63, 3.8) is 0 Å². The summed E-state index contributed by atoms with van der Waals surface area (Å²) in [6.45, 7) is 6.20. The Labute approximate surface area is 139 Å². The van der Waals surface area contributed by atoms with Crippen molar-refractivity contribution in [2.75, 3.05) is 11.9 Å². The summed E-state index contributed by atoms with van der Waals surface area (Å²) in [6.07, 6.45) is 3.43. The molecule has 0 spiro atoms. The molecule has 0 bridgehead atoms. The Bertz CT molecular complexity index is 683. The van der Waals surface area contributed by atoms with E-state index in [2.05, 4.69) is 20.6 Å². The predicted molar refractivity (Wildman–Crippen MR) is 90.8 cm³/mol. The molecule has 0 aliphatic heterocycles. The zero-order valence-corrected chi connectivity index (χ0v) is 14.2. The number of hydrogen-bond donors (Lipinski definition) is 2. The summed E-state index contributed by atoms with van der Waals surface area (Å²) >= 11 is 1.41. The van der Waals surface area contributed by atoms with Crippen LogP contribution in [0.25, 0.3) is 0 Å². The molecule has 23 heavy (non-hydrogen) atoms. The summed E-state index contributed by atoms with van der Waals surface area (Å²) in [4.78, 5) is 32.9. The monoisotopic (exact) mass is 332 g/mol. The largest absolute Gasteiger partial charge is 0.351 e. The van der Waals surface area contributed by atoms with Gasteiger partial charge in [-0.25, -0.2) is 4.98 Å². The third kappa shape index (κ3) is 4.85. The van der Waals surface area contributed by atoms with Gasteiger partial charge in [-0.1, -0.05) is 13.8 Å². The number of anilines is 1. The highest BCUT2D eigenvalue weighted by Crippen LogP contribution is 2.24. The minimum absolute atomic E-state index is 0.152. The Kier molecular flexibility index (Phi) is 5.81. The second-order valence-electron chi connectivity index (χ2n) is 5.41. The van der Waals surface area contributed by atoms with Crippen LogP contribution < -0.4 is 10.6 Å². The highest BCUT2D eigenvalue weighted by molar-refractivity contribution is 7.13. The van der Waals surface area contributed by atoms with E-state index < -0.39 is 0 Å². The van der Waals surface area contributed by atoms with E-state index in [1.54, 1.807) is 24.5 Å². The molecule has 2 N–H and O–H groups in total. The van der Waals surface area contributed by atoms with Gasteiger partial charge in [-0.05, 0) is 19.1 Å². The van der Waals surface area contributed by atoms with Crippen LogP contribution in [0.15, 0.2) is 24.5 Å². The van der Waals surface area contributed by atoms with E-state index in [1.165, 1.54) is 11.3 Å². The number of aromatic nitrogens is 2. The van der Waals surface area contributed by atoms with Crippen LogP contribution in [-0.2, 0) is 4.79 Å². The van der Waals surface area contributed by atoms with Gasteiger partial charge in [0.2, 0.25) is 5.91 Å². The number of amides is 2. The van der Waals surface area contributed by atoms with Crippen LogP contribution in [0.3, 0.4) is 0 Å². The number of hydrogen-bond acceptors (Lipinski definition) is 5. The molecule has 2 amide bonds. The third-order valence-electron chi connectivity index (χ3n) is 3.11. The molecule has 0 radical (unpaired) electrons. The summed E-state index contributed by atoms with van der Waals surface area (Å²) in [7, 11) is 0. The number of carbonyl (C=O) groups is 2. The van der Waals surface area contributed by atoms with E-state index in [1.807, 2.05) is 20.8 Å². The average Bonchev–Trinajstić information content (AvgIpc) is 2.90. The number of aryl methyl sites for hydroxylation is 1. The van der Waals surface area contributed by atoms with Gasteiger partial charge in [0.15, 0.2) is 0 Å². The lowest BCUT2D eigenvalue weighted by molar-refractivity contribution is -0.116. The molecule has 2 aromatic rings. The highest BCUT2D eigenvalue weighted by Gasteiger charge is 2.16. The number of thiazole rings is 1. The second-order valence-corrected chi connectivity index (χ2v) is 6.44. The first-order valence-corrected chi connectivity index (χ1v) is 8.24. The Balaban J connectivity index is 1.82. The maximum absolute atomic E-state index is 12.2. The molecule has 2 aromatic heterocycles. The summed E-state index contributed by atoms with van der Waals surface area (Å²) in [5, 5.41) is 6.46. The molecular weight excluding hydrogens is 312 g/mol. The van der Waals surface area contributed by atoms with Crippen LogP contribution in [-0.4, -0.2) is 28.3 Å². The Morgan fingerprint density at radius 3 is 2.57 bits per heavy atom. The van der Waals surface area contributed by atoms with Gasteiger partial charge >= 0.3 is 0 Å². The summed E-state index contributed by atoms with van der Waals surface area (Å²) in [5.41, 5.74) is 1.42. The van der Waals surface area contributed by atoms with Gasteiger partial charge in [-0.2, -0.15) is 0 Å². The average molecular weight is 332 g/mol. The molecule has 0 saturated carbocycles. The van der Waals surface area contributed by atoms with E-state index in [0.29, 0.717) is 16.5 Å². The van der Waals surface area contributed by atoms with Crippen LogP contribution in [0, 0.1) is 6.92 Å². The van der Waals surface area contributed by atoms with Crippen LogP contribution >= 0.6 is 11.3 Å². The fourth-order valence-corrected chi connectivity index (χ4v) is 2.89. The molecule has 0 unspecified atom stereocenters. The number of nitrogens with one attached hydrogen (secondary N) is 2. The van der Waals surface area contributed by atoms with E-state index in [0.717, 1.165) is 10.7 Å². The fraction of sp³-hybridized carbons (Fsp3) is 0.375. The summed E-state index contributed by atoms with van der Waals surface area (Å²) < 4.78 is 0. The second kappa shape index (κ2) is 7.82. The van der Waals surface area contributed by atoms with E-state index >= 15 is 0 Å². The first-order valence-electron chi connectivity index (χ1n) is 7.42. The summed E-state index contributed by atoms with van der Waals surface area (Å²) in [5.74, 6) is -0.0320. The van der Waals surface area contributed by atoms with Gasteiger partial charge in [-0.3, -0.25) is 14.6 Å². The Morgan fingerprint density at radius 2 is 1.96 bits per heavy atom. The van der Waals surface area contributed by atoms with Crippen molar-refractivity contribution in [3.05, 3.63) is 40.1 Å². The topological polar surface area (TPSA) is 84.0 Å². The van der Waals surface area contributed by atoms with Crippen LogP contribution in [0.4, 0.5) is 5.69 Å². The predicted octanol–water partition coefficient (Wildman–Crippen LogP) is 2.73. The van der Waals surface area contributed by atoms with Gasteiger partial charge in [0.05, 0.1) is 10.7 Å². The SMILES string of the molecule is Cc1nc(C(C)C)sc1C(=O)NCCC(=O)Nc1ccncc1. The Morgan fingerprint density at radius 1 is 1.26 bits per heavy atom. The number of carbonyl (C=O) groups excluding carboxylic acids is 2. The molecule has 0 aliphatic rings. The van der Waals surface area contributed by atoms with Gasteiger partial charge in [0.25, 0.3) is 5.91 Å². The normalized spacial score (nSPS) is 10.6. The van der Waals surface area contributed by atoms with Gasteiger partial charge in [-0.15, -0.1) is 11.3 Å². The molecule has 122 valence electrons. The standard InChI is InChI=1S/C16H20N4O2S/c1-10(2)16-19-11(3)14(23-16)15(22)18-9-6-13(21)20-12-4-7-17-8-5-12/h4-5,7-8,10H,6,9H2,1-3H3,(H,18,22)(H,17,20,21). The zero-order chi connectivity index (χ0) is 16.8. The molecule has 7 heteroatoms. The molecule has 0 atom stereocenters. The highest BCUT2D eigenvalue weighted by atomic mass is 32.1. The number of pyridine rings is 1. The molecule has 2 heterocycles. The lowest BCUT2D eigenvalue weighted by atomic mass is 10.2. The number of nitrogens with zero attached hydrogens (tertiary/aromatic N) is 2. The minimum atomic E-state index is -0.177. The summed E-state index contributed by atoms with van der Waals surface area (Å²) in [6, 6.07) is 3.43. The molecule has 0 fully saturated rings. The zero-order valence-electron chi connectivity index (χ0n) is 13.4. The lowest BCUT2D eigenvalue weighted by Crippen LogP contribution is -2.27.